The van der Waals surface area contributed by atoms with Gasteiger partial charge in [-0.15, -0.1) is 0 Å². The Bertz CT molecular complexity index is 1210. The van der Waals surface area contributed by atoms with Gasteiger partial charge in [-0.1, -0.05) is 32.0 Å². The van der Waals surface area contributed by atoms with Gasteiger partial charge in [0, 0.05) is 73.7 Å². The standard InChI is InChI=1S/C16H21FN2.C14H18F2N2.C2H6/c1-11-8-13-12-6-4-5-7-14(12)18-15(13)9-19(11)10-16(2,3)17;15-11-6-12(16)8-13(7-11)18-4-1-2-14(3-5-18)9-17-10-14;1-2/h4-7,11,18H,8-10H2,1-3H3;6-8,17H,1-5,9-10H2;1-2H3. The molecule has 2 aromatic carbocycles. The lowest BCUT2D eigenvalue weighted by atomic mass is 9.75. The average Bonchev–Trinajstić information content (AvgIpc) is 3.05. The molecule has 0 radical (unpaired) electrons. The van der Waals surface area contributed by atoms with Crippen LogP contribution in [0.25, 0.3) is 10.9 Å². The van der Waals surface area contributed by atoms with E-state index < -0.39 is 17.3 Å². The van der Waals surface area contributed by atoms with E-state index in [0.717, 1.165) is 58.1 Å². The van der Waals surface area contributed by atoms with Gasteiger partial charge in [-0.3, -0.25) is 4.90 Å². The molecular formula is C32H45F3N4. The second-order valence-corrected chi connectivity index (χ2v) is 11.9. The number of rotatable bonds is 3. The predicted octanol–water partition coefficient (Wildman–Crippen LogP) is 7.23. The molecule has 3 aromatic rings. The average molecular weight is 543 g/mol. The first kappa shape index (κ1) is 29.5. The number of alkyl halides is 1. The Hall–Kier alpha value is -2.51. The Kier molecular flexibility index (Phi) is 9.33. The van der Waals surface area contributed by atoms with Crippen LogP contribution in [0.5, 0.6) is 0 Å². The molecule has 1 aromatic heterocycles. The Morgan fingerprint density at radius 3 is 2.33 bits per heavy atom. The summed E-state index contributed by atoms with van der Waals surface area (Å²) < 4.78 is 40.3. The van der Waals surface area contributed by atoms with Crippen LogP contribution in [0.3, 0.4) is 0 Å². The van der Waals surface area contributed by atoms with E-state index in [2.05, 4.69) is 51.3 Å². The summed E-state index contributed by atoms with van der Waals surface area (Å²) in [6.07, 6.45) is 4.42. The summed E-state index contributed by atoms with van der Waals surface area (Å²) in [7, 11) is 0. The van der Waals surface area contributed by atoms with Gasteiger partial charge in [0.1, 0.15) is 17.3 Å². The fraction of sp³-hybridized carbons (Fsp3) is 0.562. The van der Waals surface area contributed by atoms with Crippen LogP contribution in [0, 0.1) is 17.0 Å². The second-order valence-electron chi connectivity index (χ2n) is 11.9. The minimum absolute atomic E-state index is 0.390. The number of nitrogens with one attached hydrogen (secondary N) is 2. The summed E-state index contributed by atoms with van der Waals surface area (Å²) in [5.74, 6) is -0.983. The Morgan fingerprint density at radius 2 is 1.69 bits per heavy atom. The zero-order chi connectivity index (χ0) is 28.2. The van der Waals surface area contributed by atoms with Crippen molar-refractivity contribution in [3.8, 4) is 0 Å². The van der Waals surface area contributed by atoms with Gasteiger partial charge in [-0.25, -0.2) is 13.2 Å². The molecule has 1 unspecified atom stereocenters. The molecule has 1 spiro atoms. The fourth-order valence-corrected chi connectivity index (χ4v) is 6.17. The minimum atomic E-state index is -1.14. The van der Waals surface area contributed by atoms with E-state index in [-0.39, 0.29) is 0 Å². The largest absolute Gasteiger partial charge is 0.371 e. The van der Waals surface area contributed by atoms with Gasteiger partial charge in [0.05, 0.1) is 0 Å². The van der Waals surface area contributed by atoms with E-state index in [9.17, 15) is 13.2 Å². The zero-order valence-electron chi connectivity index (χ0n) is 24.2. The lowest BCUT2D eigenvalue weighted by molar-refractivity contribution is 0.0853. The number of para-hydroxylation sites is 1. The quantitative estimate of drug-likeness (QED) is 0.366. The monoisotopic (exact) mass is 542 g/mol. The van der Waals surface area contributed by atoms with E-state index in [1.54, 1.807) is 13.8 Å². The van der Waals surface area contributed by atoms with Crippen molar-refractivity contribution in [3.63, 3.8) is 0 Å². The summed E-state index contributed by atoms with van der Waals surface area (Å²) in [6, 6.07) is 12.6. The molecule has 7 heteroatoms. The van der Waals surface area contributed by atoms with Gasteiger partial charge in [0.15, 0.2) is 0 Å². The number of benzene rings is 2. The van der Waals surface area contributed by atoms with Crippen molar-refractivity contribution in [2.45, 2.75) is 78.6 Å². The van der Waals surface area contributed by atoms with Crippen molar-refractivity contribution in [2.75, 3.05) is 37.6 Å². The van der Waals surface area contributed by atoms with Crippen molar-refractivity contribution >= 4 is 16.6 Å². The molecule has 2 fully saturated rings. The molecule has 3 aliphatic rings. The van der Waals surface area contributed by atoms with E-state index in [0.29, 0.717) is 23.7 Å². The number of anilines is 1. The van der Waals surface area contributed by atoms with Crippen molar-refractivity contribution in [1.29, 1.82) is 0 Å². The number of fused-ring (bicyclic) bond motifs is 3. The van der Waals surface area contributed by atoms with Crippen LogP contribution >= 0.6 is 0 Å². The molecule has 0 bridgehead atoms. The lowest BCUT2D eigenvalue weighted by Crippen LogP contribution is -2.53. The highest BCUT2D eigenvalue weighted by Crippen LogP contribution is 2.36. The van der Waals surface area contributed by atoms with Crippen molar-refractivity contribution in [1.82, 2.24) is 15.2 Å². The zero-order valence-corrected chi connectivity index (χ0v) is 24.2. The predicted molar refractivity (Wildman–Crippen MR) is 156 cm³/mol. The van der Waals surface area contributed by atoms with Crippen molar-refractivity contribution < 1.29 is 13.2 Å². The molecular weight excluding hydrogens is 497 g/mol. The Balaban J connectivity index is 0.000000170. The van der Waals surface area contributed by atoms with Crippen molar-refractivity contribution in [3.05, 3.63) is 65.4 Å². The third kappa shape index (κ3) is 7.17. The van der Waals surface area contributed by atoms with Gasteiger partial charge >= 0.3 is 0 Å². The van der Waals surface area contributed by atoms with Gasteiger partial charge in [0.2, 0.25) is 0 Å². The van der Waals surface area contributed by atoms with Crippen LogP contribution in [0.4, 0.5) is 18.9 Å². The molecule has 0 amide bonds. The number of hydrogen-bond acceptors (Lipinski definition) is 3. The maximum Gasteiger partial charge on any atom is 0.128 e. The summed E-state index contributed by atoms with van der Waals surface area (Å²) in [5, 5.41) is 4.66. The number of aromatic amines is 1. The van der Waals surface area contributed by atoms with Gasteiger partial charge in [0.25, 0.3) is 0 Å². The summed E-state index contributed by atoms with van der Waals surface area (Å²) in [4.78, 5) is 7.83. The number of hydrogen-bond donors (Lipinski definition) is 2. The fourth-order valence-electron chi connectivity index (χ4n) is 6.17. The molecule has 2 saturated heterocycles. The normalized spacial score (nSPS) is 20.7. The van der Waals surface area contributed by atoms with Crippen LogP contribution < -0.4 is 10.2 Å². The highest BCUT2D eigenvalue weighted by Gasteiger charge is 2.38. The van der Waals surface area contributed by atoms with Crippen LogP contribution in [0.2, 0.25) is 0 Å². The number of nitrogens with zero attached hydrogens (tertiary/aromatic N) is 2. The molecule has 3 aliphatic heterocycles. The van der Waals surface area contributed by atoms with Crippen LogP contribution in [0.15, 0.2) is 42.5 Å². The summed E-state index contributed by atoms with van der Waals surface area (Å²) in [5.41, 5.74) is 3.84. The van der Waals surface area contributed by atoms with E-state index in [1.807, 2.05) is 13.8 Å². The first-order valence-corrected chi connectivity index (χ1v) is 14.5. The van der Waals surface area contributed by atoms with Gasteiger partial charge in [-0.2, -0.15) is 0 Å². The van der Waals surface area contributed by atoms with E-state index in [1.165, 1.54) is 40.7 Å². The summed E-state index contributed by atoms with van der Waals surface area (Å²) in [6.45, 7) is 14.8. The maximum absolute atomic E-state index is 13.9. The first-order chi connectivity index (χ1) is 18.6. The molecule has 6 rings (SSSR count). The highest BCUT2D eigenvalue weighted by atomic mass is 19.1. The first-order valence-electron chi connectivity index (χ1n) is 14.5. The second kappa shape index (κ2) is 12.3. The molecule has 214 valence electrons. The third-order valence-electron chi connectivity index (χ3n) is 8.22. The molecule has 0 saturated carbocycles. The van der Waals surface area contributed by atoms with Crippen LogP contribution in [0.1, 0.15) is 65.1 Å². The molecule has 1 atom stereocenters. The molecule has 0 aliphatic carbocycles. The molecule has 4 nitrogen and oxygen atoms in total. The minimum Gasteiger partial charge on any atom is -0.371 e. The topological polar surface area (TPSA) is 34.3 Å². The van der Waals surface area contributed by atoms with E-state index >= 15 is 0 Å². The number of aromatic nitrogens is 1. The maximum atomic E-state index is 13.9. The van der Waals surface area contributed by atoms with Gasteiger partial charge in [-0.05, 0) is 75.6 Å². The van der Waals surface area contributed by atoms with Crippen molar-refractivity contribution in [2.24, 2.45) is 5.41 Å². The Morgan fingerprint density at radius 1 is 1.00 bits per heavy atom. The number of H-pyrrole nitrogens is 1. The Labute approximate surface area is 232 Å². The molecule has 39 heavy (non-hydrogen) atoms. The SMILES string of the molecule is CC.CC1Cc2c([nH]c3ccccc23)CN1CC(C)(C)F.Fc1cc(F)cc(N2CCCC3(CC2)CNC3)c1. The number of halogens is 3. The smallest absolute Gasteiger partial charge is 0.128 e. The summed E-state index contributed by atoms with van der Waals surface area (Å²) >= 11 is 0. The van der Waals surface area contributed by atoms with Crippen LogP contribution in [-0.2, 0) is 13.0 Å². The lowest BCUT2D eigenvalue weighted by Gasteiger charge is -2.42. The highest BCUT2D eigenvalue weighted by molar-refractivity contribution is 5.84. The molecule has 4 heterocycles. The third-order valence-corrected chi connectivity index (χ3v) is 8.22. The van der Waals surface area contributed by atoms with E-state index in [4.69, 9.17) is 0 Å². The van der Waals surface area contributed by atoms with Gasteiger partial charge < -0.3 is 15.2 Å². The molecule has 2 N–H and O–H groups in total. The van der Waals surface area contributed by atoms with Crippen LogP contribution in [-0.4, -0.2) is 54.3 Å².